The van der Waals surface area contributed by atoms with Gasteiger partial charge in [0, 0.05) is 24.8 Å². The van der Waals surface area contributed by atoms with Crippen LogP contribution in [0.4, 0.5) is 0 Å². The number of nitrogens with two attached hydrogens (primary N) is 1. The van der Waals surface area contributed by atoms with Crippen LogP contribution < -0.4 is 5.73 Å². The molecule has 0 aliphatic carbocycles. The first-order valence-electron chi connectivity index (χ1n) is 6.95. The molecule has 0 fully saturated rings. The molecule has 0 radical (unpaired) electrons. The van der Waals surface area contributed by atoms with Gasteiger partial charge in [0.1, 0.15) is 5.69 Å². The van der Waals surface area contributed by atoms with Crippen LogP contribution in [0.25, 0.3) is 23.0 Å². The van der Waals surface area contributed by atoms with E-state index in [1.807, 2.05) is 22.9 Å². The Bertz CT molecular complexity index is 714. The maximum absolute atomic E-state index is 5.51. The first-order chi connectivity index (χ1) is 10.3. The van der Waals surface area contributed by atoms with Crippen molar-refractivity contribution in [2.45, 2.75) is 19.9 Å². The number of aromatic nitrogens is 4. The van der Waals surface area contributed by atoms with Gasteiger partial charge in [0.15, 0.2) is 0 Å². The van der Waals surface area contributed by atoms with Crippen LogP contribution in [0.1, 0.15) is 12.5 Å². The summed E-state index contributed by atoms with van der Waals surface area (Å²) in [6.45, 7) is 3.40. The lowest BCUT2D eigenvalue weighted by Gasteiger charge is -1.97. The van der Waals surface area contributed by atoms with E-state index in [9.17, 15) is 0 Å². The molecule has 21 heavy (non-hydrogen) atoms. The summed E-state index contributed by atoms with van der Waals surface area (Å²) in [6.07, 6.45) is 4.57. The van der Waals surface area contributed by atoms with Crippen molar-refractivity contribution in [3.8, 4) is 23.0 Å². The summed E-state index contributed by atoms with van der Waals surface area (Å²) in [7, 11) is 0. The van der Waals surface area contributed by atoms with Crippen molar-refractivity contribution in [1.82, 2.24) is 19.7 Å². The molecule has 0 bridgehead atoms. The average Bonchev–Trinajstić information content (AvgIpc) is 3.16. The molecule has 108 valence electrons. The van der Waals surface area contributed by atoms with E-state index in [1.54, 1.807) is 6.33 Å². The van der Waals surface area contributed by atoms with Crippen LogP contribution in [0.3, 0.4) is 0 Å². The lowest BCUT2D eigenvalue weighted by Crippen LogP contribution is -2.07. The zero-order chi connectivity index (χ0) is 14.7. The first-order valence-corrected chi connectivity index (χ1v) is 6.95. The van der Waals surface area contributed by atoms with E-state index in [2.05, 4.69) is 34.2 Å². The van der Waals surface area contributed by atoms with Crippen molar-refractivity contribution in [3.63, 3.8) is 0 Å². The number of aryl methyl sites for hydroxylation is 1. The summed E-state index contributed by atoms with van der Waals surface area (Å²) < 4.78 is 7.18. The fourth-order valence-electron chi connectivity index (χ4n) is 2.08. The monoisotopic (exact) mass is 283 g/mol. The predicted molar refractivity (Wildman–Crippen MR) is 79.4 cm³/mol. The molecule has 0 aliphatic heterocycles. The Morgan fingerprint density at radius 2 is 2.05 bits per heavy atom. The summed E-state index contributed by atoms with van der Waals surface area (Å²) >= 11 is 0. The molecule has 2 heterocycles. The molecular weight excluding hydrogens is 266 g/mol. The van der Waals surface area contributed by atoms with Crippen molar-refractivity contribution in [3.05, 3.63) is 42.4 Å². The molecule has 2 N–H and O–H groups in total. The molecule has 0 atom stereocenters. The maximum Gasteiger partial charge on any atom is 0.278 e. The highest BCUT2D eigenvalue weighted by Gasteiger charge is 2.12. The third-order valence-corrected chi connectivity index (χ3v) is 3.29. The summed E-state index contributed by atoms with van der Waals surface area (Å²) in [5.41, 5.74) is 8.39. The minimum atomic E-state index is 0.417. The molecule has 0 saturated carbocycles. The third kappa shape index (κ3) is 2.85. The molecule has 0 aliphatic rings. The van der Waals surface area contributed by atoms with E-state index >= 15 is 0 Å². The Hall–Kier alpha value is -2.47. The smallest absolute Gasteiger partial charge is 0.278 e. The van der Waals surface area contributed by atoms with Gasteiger partial charge < -0.3 is 14.8 Å². The standard InChI is InChI=1S/C15H17N5O/c1-2-11-3-5-12(6-4-11)14-18-15(21-19-14)13-9-20(8-7-16)10-17-13/h3-6,9-10H,2,7-8,16H2,1H3. The Kier molecular flexibility index (Phi) is 3.79. The fourth-order valence-corrected chi connectivity index (χ4v) is 2.08. The first kappa shape index (κ1) is 13.5. The van der Waals surface area contributed by atoms with Crippen molar-refractivity contribution >= 4 is 0 Å². The van der Waals surface area contributed by atoms with E-state index in [1.165, 1.54) is 5.56 Å². The summed E-state index contributed by atoms with van der Waals surface area (Å²) in [4.78, 5) is 8.65. The van der Waals surface area contributed by atoms with Crippen LogP contribution in [-0.4, -0.2) is 26.2 Å². The van der Waals surface area contributed by atoms with Gasteiger partial charge in [0.2, 0.25) is 5.82 Å². The van der Waals surface area contributed by atoms with Crippen LogP contribution in [-0.2, 0) is 13.0 Å². The minimum absolute atomic E-state index is 0.417. The summed E-state index contributed by atoms with van der Waals surface area (Å²) in [5, 5.41) is 4.01. The minimum Gasteiger partial charge on any atom is -0.335 e. The van der Waals surface area contributed by atoms with Gasteiger partial charge >= 0.3 is 0 Å². The molecule has 0 spiro atoms. The van der Waals surface area contributed by atoms with Gasteiger partial charge in [-0.3, -0.25) is 0 Å². The average molecular weight is 283 g/mol. The Morgan fingerprint density at radius 3 is 2.76 bits per heavy atom. The maximum atomic E-state index is 5.51. The van der Waals surface area contributed by atoms with Crippen molar-refractivity contribution in [2.24, 2.45) is 5.73 Å². The van der Waals surface area contributed by atoms with Gasteiger partial charge in [0.25, 0.3) is 5.89 Å². The quantitative estimate of drug-likeness (QED) is 0.775. The van der Waals surface area contributed by atoms with Crippen molar-refractivity contribution in [1.29, 1.82) is 0 Å². The Labute approximate surface area is 122 Å². The van der Waals surface area contributed by atoms with Gasteiger partial charge in [-0.2, -0.15) is 4.98 Å². The van der Waals surface area contributed by atoms with E-state index in [-0.39, 0.29) is 0 Å². The number of hydrogen-bond acceptors (Lipinski definition) is 5. The van der Waals surface area contributed by atoms with E-state index < -0.39 is 0 Å². The Balaban J connectivity index is 1.84. The molecule has 6 heteroatoms. The third-order valence-electron chi connectivity index (χ3n) is 3.29. The fraction of sp³-hybridized carbons (Fsp3) is 0.267. The number of benzene rings is 1. The largest absolute Gasteiger partial charge is 0.335 e. The van der Waals surface area contributed by atoms with Crippen LogP contribution in [0, 0.1) is 0 Å². The summed E-state index contributed by atoms with van der Waals surface area (Å²) in [5.74, 6) is 0.987. The predicted octanol–water partition coefficient (Wildman–Crippen LogP) is 2.12. The second-order valence-electron chi connectivity index (χ2n) is 4.76. The zero-order valence-electron chi connectivity index (χ0n) is 11.9. The molecular formula is C15H17N5O. The number of imidazole rings is 1. The molecule has 0 saturated heterocycles. The second kappa shape index (κ2) is 5.88. The van der Waals surface area contributed by atoms with Crippen LogP contribution in [0.2, 0.25) is 0 Å². The lowest BCUT2D eigenvalue weighted by atomic mass is 10.1. The molecule has 3 aromatic rings. The lowest BCUT2D eigenvalue weighted by molar-refractivity contribution is 0.431. The van der Waals surface area contributed by atoms with E-state index in [0.717, 1.165) is 12.0 Å². The van der Waals surface area contributed by atoms with Gasteiger partial charge in [0.05, 0.1) is 6.33 Å². The molecule has 0 unspecified atom stereocenters. The van der Waals surface area contributed by atoms with Crippen LogP contribution in [0.5, 0.6) is 0 Å². The van der Waals surface area contributed by atoms with Crippen LogP contribution >= 0.6 is 0 Å². The normalized spacial score (nSPS) is 11.0. The van der Waals surface area contributed by atoms with Crippen molar-refractivity contribution < 1.29 is 4.52 Å². The zero-order valence-corrected chi connectivity index (χ0v) is 11.9. The molecule has 1 aromatic carbocycles. The number of nitrogens with zero attached hydrogens (tertiary/aromatic N) is 4. The number of rotatable bonds is 5. The second-order valence-corrected chi connectivity index (χ2v) is 4.76. The van der Waals surface area contributed by atoms with Gasteiger partial charge in [-0.15, -0.1) is 0 Å². The van der Waals surface area contributed by atoms with E-state index in [0.29, 0.717) is 30.5 Å². The van der Waals surface area contributed by atoms with Crippen LogP contribution in [0.15, 0.2) is 41.3 Å². The van der Waals surface area contributed by atoms with Gasteiger partial charge in [-0.1, -0.05) is 36.3 Å². The SMILES string of the molecule is CCc1ccc(-c2noc(-c3cn(CCN)cn3)n2)cc1. The van der Waals surface area contributed by atoms with Gasteiger partial charge in [-0.05, 0) is 12.0 Å². The molecule has 2 aromatic heterocycles. The topological polar surface area (TPSA) is 82.8 Å². The highest BCUT2D eigenvalue weighted by atomic mass is 16.5. The number of hydrogen-bond donors (Lipinski definition) is 1. The Morgan fingerprint density at radius 1 is 1.24 bits per heavy atom. The highest BCUT2D eigenvalue weighted by molar-refractivity contribution is 5.57. The molecule has 0 amide bonds. The summed E-state index contributed by atoms with van der Waals surface area (Å²) in [6, 6.07) is 8.14. The molecule has 3 rings (SSSR count). The van der Waals surface area contributed by atoms with Gasteiger partial charge in [-0.25, -0.2) is 4.98 Å². The highest BCUT2D eigenvalue weighted by Crippen LogP contribution is 2.21. The van der Waals surface area contributed by atoms with E-state index in [4.69, 9.17) is 10.3 Å². The van der Waals surface area contributed by atoms with Crippen molar-refractivity contribution in [2.75, 3.05) is 6.54 Å². The molecule has 6 nitrogen and oxygen atoms in total.